The first-order chi connectivity index (χ1) is 8.09. The molecule has 0 aromatic carbocycles. The summed E-state index contributed by atoms with van der Waals surface area (Å²) in [4.78, 5) is 10.8. The molecule has 90 valence electrons. The van der Waals surface area contributed by atoms with Gasteiger partial charge in [-0.15, -0.1) is 5.10 Å². The lowest BCUT2D eigenvalue weighted by Crippen LogP contribution is -2.18. The molecule has 0 aliphatic carbocycles. The van der Waals surface area contributed by atoms with Gasteiger partial charge in [0.15, 0.2) is 5.76 Å². The van der Waals surface area contributed by atoms with E-state index in [-0.39, 0.29) is 6.54 Å². The van der Waals surface area contributed by atoms with Crippen LogP contribution in [-0.4, -0.2) is 31.3 Å². The fourth-order valence-electron chi connectivity index (χ4n) is 1.43. The molecule has 0 aliphatic heterocycles. The van der Waals surface area contributed by atoms with Crippen molar-refractivity contribution in [2.24, 2.45) is 5.92 Å². The first kappa shape index (κ1) is 11.3. The Kier molecular flexibility index (Phi) is 2.90. The molecular weight excluding hydrogens is 224 g/mol. The number of carbonyl (C=O) groups is 1. The van der Waals surface area contributed by atoms with Crippen molar-refractivity contribution in [3.8, 4) is 11.6 Å². The van der Waals surface area contributed by atoms with E-state index in [2.05, 4.69) is 15.5 Å². The molecule has 0 spiro atoms. The predicted octanol–water partition coefficient (Wildman–Crippen LogP) is 0.962. The third-order valence-corrected chi connectivity index (χ3v) is 2.47. The minimum absolute atomic E-state index is 0.206. The van der Waals surface area contributed by atoms with Crippen molar-refractivity contribution in [2.45, 2.75) is 20.4 Å². The molecule has 1 unspecified atom stereocenters. The number of furan rings is 1. The summed E-state index contributed by atoms with van der Waals surface area (Å²) >= 11 is 0. The molecule has 1 N–H and O–H groups in total. The van der Waals surface area contributed by atoms with Crippen LogP contribution in [-0.2, 0) is 11.3 Å². The molecule has 7 nitrogen and oxygen atoms in total. The van der Waals surface area contributed by atoms with Crippen LogP contribution in [0.15, 0.2) is 16.7 Å². The predicted molar refractivity (Wildman–Crippen MR) is 57.1 cm³/mol. The van der Waals surface area contributed by atoms with Crippen molar-refractivity contribution < 1.29 is 14.3 Å². The van der Waals surface area contributed by atoms with E-state index in [4.69, 9.17) is 9.52 Å². The van der Waals surface area contributed by atoms with E-state index in [1.54, 1.807) is 19.3 Å². The van der Waals surface area contributed by atoms with E-state index in [0.717, 1.165) is 5.56 Å². The van der Waals surface area contributed by atoms with Gasteiger partial charge in [0.2, 0.25) is 5.82 Å². The van der Waals surface area contributed by atoms with Gasteiger partial charge in [0.1, 0.15) is 0 Å². The summed E-state index contributed by atoms with van der Waals surface area (Å²) in [6.45, 7) is 3.68. The van der Waals surface area contributed by atoms with E-state index in [1.165, 1.54) is 4.68 Å². The topological polar surface area (TPSA) is 94.0 Å². The maximum atomic E-state index is 10.8. The van der Waals surface area contributed by atoms with E-state index in [1.807, 2.05) is 6.92 Å². The second kappa shape index (κ2) is 4.36. The summed E-state index contributed by atoms with van der Waals surface area (Å²) in [6.07, 6.45) is 1.55. The van der Waals surface area contributed by atoms with Gasteiger partial charge in [-0.3, -0.25) is 4.79 Å². The lowest BCUT2D eigenvalue weighted by molar-refractivity contribution is -0.141. The van der Waals surface area contributed by atoms with Crippen molar-refractivity contribution in [3.05, 3.63) is 17.9 Å². The van der Waals surface area contributed by atoms with Crippen molar-refractivity contribution in [1.82, 2.24) is 20.2 Å². The SMILES string of the molecule is Cc1ccoc1-c1nnnn1CC(C)C(=O)O. The van der Waals surface area contributed by atoms with E-state index < -0.39 is 11.9 Å². The molecule has 0 saturated heterocycles. The van der Waals surface area contributed by atoms with Crippen LogP contribution in [0.25, 0.3) is 11.6 Å². The van der Waals surface area contributed by atoms with E-state index in [9.17, 15) is 4.79 Å². The Labute approximate surface area is 97.0 Å². The Morgan fingerprint density at radius 3 is 3.00 bits per heavy atom. The molecule has 17 heavy (non-hydrogen) atoms. The second-order valence-electron chi connectivity index (χ2n) is 3.86. The van der Waals surface area contributed by atoms with Gasteiger partial charge in [-0.05, 0) is 29.0 Å². The summed E-state index contributed by atoms with van der Waals surface area (Å²) < 4.78 is 6.72. The fourth-order valence-corrected chi connectivity index (χ4v) is 1.43. The quantitative estimate of drug-likeness (QED) is 0.849. The maximum Gasteiger partial charge on any atom is 0.308 e. The van der Waals surface area contributed by atoms with Crippen LogP contribution >= 0.6 is 0 Å². The number of aryl methyl sites for hydroxylation is 1. The molecular formula is C10H12N4O3. The number of tetrazole rings is 1. The minimum Gasteiger partial charge on any atom is -0.481 e. The van der Waals surface area contributed by atoms with Crippen molar-refractivity contribution >= 4 is 5.97 Å². The van der Waals surface area contributed by atoms with Crippen molar-refractivity contribution in [2.75, 3.05) is 0 Å². The molecule has 0 amide bonds. The largest absolute Gasteiger partial charge is 0.481 e. The number of carboxylic acids is 1. The number of rotatable bonds is 4. The number of aromatic nitrogens is 4. The lowest BCUT2D eigenvalue weighted by Gasteiger charge is -2.06. The van der Waals surface area contributed by atoms with Gasteiger partial charge in [-0.2, -0.15) is 0 Å². The van der Waals surface area contributed by atoms with Crippen LogP contribution in [0.3, 0.4) is 0 Å². The average molecular weight is 236 g/mol. The van der Waals surface area contributed by atoms with E-state index >= 15 is 0 Å². The summed E-state index contributed by atoms with van der Waals surface area (Å²) in [7, 11) is 0. The van der Waals surface area contributed by atoms with Gasteiger partial charge in [0, 0.05) is 0 Å². The molecule has 0 saturated carbocycles. The highest BCUT2D eigenvalue weighted by Gasteiger charge is 2.19. The number of hydrogen-bond donors (Lipinski definition) is 1. The normalized spacial score (nSPS) is 12.6. The molecule has 2 aromatic heterocycles. The van der Waals surface area contributed by atoms with Gasteiger partial charge in [0.25, 0.3) is 0 Å². The number of nitrogens with zero attached hydrogens (tertiary/aromatic N) is 4. The molecule has 0 fully saturated rings. The zero-order valence-corrected chi connectivity index (χ0v) is 9.49. The monoisotopic (exact) mass is 236 g/mol. The van der Waals surface area contributed by atoms with Gasteiger partial charge in [-0.25, -0.2) is 4.68 Å². The summed E-state index contributed by atoms with van der Waals surface area (Å²) in [5.74, 6) is -0.441. The Morgan fingerprint density at radius 1 is 1.65 bits per heavy atom. The van der Waals surface area contributed by atoms with Gasteiger partial charge >= 0.3 is 5.97 Å². The standard InChI is InChI=1S/C10H12N4O3/c1-6-3-4-17-8(6)9-11-12-13-14(9)5-7(2)10(15)16/h3-4,7H,5H2,1-2H3,(H,15,16). The van der Waals surface area contributed by atoms with Crippen LogP contribution < -0.4 is 0 Å². The highest BCUT2D eigenvalue weighted by Crippen LogP contribution is 2.21. The molecule has 0 radical (unpaired) electrons. The summed E-state index contributed by atoms with van der Waals surface area (Å²) in [5.41, 5.74) is 0.907. The second-order valence-corrected chi connectivity index (χ2v) is 3.86. The molecule has 0 bridgehead atoms. The Bertz CT molecular complexity index is 531. The molecule has 2 aromatic rings. The Hall–Kier alpha value is -2.18. The maximum absolute atomic E-state index is 10.8. The fraction of sp³-hybridized carbons (Fsp3) is 0.400. The first-order valence-corrected chi connectivity index (χ1v) is 5.13. The van der Waals surface area contributed by atoms with Gasteiger partial charge < -0.3 is 9.52 Å². The number of carboxylic acid groups (broad SMARTS) is 1. The van der Waals surface area contributed by atoms with Crippen LogP contribution in [0.1, 0.15) is 12.5 Å². The van der Waals surface area contributed by atoms with Crippen molar-refractivity contribution in [1.29, 1.82) is 0 Å². The minimum atomic E-state index is -0.886. The third kappa shape index (κ3) is 2.17. The Balaban J connectivity index is 2.29. The zero-order valence-electron chi connectivity index (χ0n) is 9.49. The van der Waals surface area contributed by atoms with Crippen LogP contribution in [0.4, 0.5) is 0 Å². The first-order valence-electron chi connectivity index (χ1n) is 5.13. The van der Waals surface area contributed by atoms with E-state index in [0.29, 0.717) is 11.6 Å². The summed E-state index contributed by atoms with van der Waals surface area (Å²) in [6, 6.07) is 1.80. The van der Waals surface area contributed by atoms with Crippen LogP contribution in [0, 0.1) is 12.8 Å². The molecule has 7 heteroatoms. The summed E-state index contributed by atoms with van der Waals surface area (Å²) in [5, 5.41) is 20.0. The van der Waals surface area contributed by atoms with Crippen LogP contribution in [0.2, 0.25) is 0 Å². The highest BCUT2D eigenvalue weighted by molar-refractivity contribution is 5.69. The molecule has 1 atom stereocenters. The van der Waals surface area contributed by atoms with Crippen molar-refractivity contribution in [3.63, 3.8) is 0 Å². The van der Waals surface area contributed by atoms with Gasteiger partial charge in [0.05, 0.1) is 18.7 Å². The van der Waals surface area contributed by atoms with Gasteiger partial charge in [-0.1, -0.05) is 6.92 Å². The molecule has 0 aliphatic rings. The lowest BCUT2D eigenvalue weighted by atomic mass is 10.2. The zero-order chi connectivity index (χ0) is 12.4. The van der Waals surface area contributed by atoms with Crippen LogP contribution in [0.5, 0.6) is 0 Å². The number of aliphatic carboxylic acids is 1. The molecule has 2 heterocycles. The number of hydrogen-bond acceptors (Lipinski definition) is 5. The smallest absolute Gasteiger partial charge is 0.308 e. The highest BCUT2D eigenvalue weighted by atomic mass is 16.4. The third-order valence-electron chi connectivity index (χ3n) is 2.47. The molecule has 2 rings (SSSR count). The Morgan fingerprint density at radius 2 is 2.41 bits per heavy atom. The average Bonchev–Trinajstić information content (AvgIpc) is 2.86.